The summed E-state index contributed by atoms with van der Waals surface area (Å²) in [5.41, 5.74) is 4.33. The average molecular weight is 387 g/mol. The van der Waals surface area contributed by atoms with Crippen molar-refractivity contribution >= 4 is 21.4 Å². The van der Waals surface area contributed by atoms with Gasteiger partial charge in [-0.15, -0.1) is 0 Å². The van der Waals surface area contributed by atoms with Gasteiger partial charge in [0.1, 0.15) is 0 Å². The summed E-state index contributed by atoms with van der Waals surface area (Å²) in [6.45, 7) is 6.27. The van der Waals surface area contributed by atoms with E-state index in [1.54, 1.807) is 17.5 Å². The number of aryl methyl sites for hydroxylation is 3. The van der Waals surface area contributed by atoms with Crippen LogP contribution in [-0.4, -0.2) is 17.7 Å². The van der Waals surface area contributed by atoms with Gasteiger partial charge in [-0.05, 0) is 66.4 Å². The molecule has 0 radical (unpaired) electrons. The molecule has 0 bridgehead atoms. The van der Waals surface area contributed by atoms with Crippen molar-refractivity contribution in [2.75, 3.05) is 0 Å². The minimum atomic E-state index is -3.66. The normalized spacial score (nSPS) is 11.8. The second-order valence-corrected chi connectivity index (χ2v) is 9.11. The van der Waals surface area contributed by atoms with Gasteiger partial charge in [0.25, 0.3) is 0 Å². The smallest absolute Gasteiger partial charge is 0.244 e. The molecule has 3 rings (SSSR count). The molecular formula is C20H22N2O2S2. The van der Waals surface area contributed by atoms with Crippen LogP contribution in [0.3, 0.4) is 0 Å². The van der Waals surface area contributed by atoms with E-state index in [-0.39, 0.29) is 6.54 Å². The summed E-state index contributed by atoms with van der Waals surface area (Å²) in [7, 11) is -3.66. The molecule has 4 nitrogen and oxygen atoms in total. The van der Waals surface area contributed by atoms with E-state index in [9.17, 15) is 8.42 Å². The number of pyridine rings is 1. The minimum absolute atomic E-state index is 0.242. The van der Waals surface area contributed by atoms with Gasteiger partial charge < -0.3 is 0 Å². The van der Waals surface area contributed by atoms with Gasteiger partial charge in [-0.25, -0.2) is 8.42 Å². The minimum Gasteiger partial charge on any atom is -0.260 e. The summed E-state index contributed by atoms with van der Waals surface area (Å²) in [5.74, 6) is 0. The van der Waals surface area contributed by atoms with Gasteiger partial charge in [0.2, 0.25) is 10.0 Å². The first-order valence-electron chi connectivity index (χ1n) is 8.37. The van der Waals surface area contributed by atoms with Crippen molar-refractivity contribution in [2.45, 2.75) is 38.8 Å². The third-order valence-corrected chi connectivity index (χ3v) is 7.04. The fourth-order valence-corrected chi connectivity index (χ4v) is 5.66. The highest BCUT2D eigenvalue weighted by Crippen LogP contribution is 2.27. The summed E-state index contributed by atoms with van der Waals surface area (Å²) in [5, 5.41) is 3.94. The highest BCUT2D eigenvalue weighted by Gasteiger charge is 2.28. The van der Waals surface area contributed by atoms with Crippen molar-refractivity contribution in [3.63, 3.8) is 0 Å². The Hall–Kier alpha value is -2.02. The van der Waals surface area contributed by atoms with Crippen LogP contribution in [0.1, 0.15) is 27.9 Å². The number of rotatable bonds is 6. The van der Waals surface area contributed by atoms with Crippen LogP contribution in [0, 0.1) is 20.8 Å². The monoisotopic (exact) mass is 386 g/mol. The summed E-state index contributed by atoms with van der Waals surface area (Å²) in [6, 6.07) is 11.4. The lowest BCUT2D eigenvalue weighted by Crippen LogP contribution is -2.31. The zero-order valence-corrected chi connectivity index (χ0v) is 16.8. The molecule has 0 fully saturated rings. The predicted octanol–water partition coefficient (Wildman–Crippen LogP) is 4.46. The number of benzene rings is 1. The molecule has 26 heavy (non-hydrogen) atoms. The Morgan fingerprint density at radius 2 is 1.77 bits per heavy atom. The second-order valence-electron chi connectivity index (χ2n) is 6.45. The standard InChI is InChI=1S/C20H22N2O2S2/c1-15-10-16(2)20(17(3)11-15)26(23,24)22(12-18-7-9-25-14-18)13-19-6-4-5-8-21-19/h4-11,14H,12-13H2,1-3H3. The fraction of sp³-hybridized carbons (Fsp3) is 0.250. The van der Waals surface area contributed by atoms with Crippen molar-refractivity contribution in [3.05, 3.63) is 81.3 Å². The van der Waals surface area contributed by atoms with Crippen molar-refractivity contribution in [3.8, 4) is 0 Å². The van der Waals surface area contributed by atoms with Gasteiger partial charge in [-0.2, -0.15) is 15.6 Å². The van der Waals surface area contributed by atoms with Crippen LogP contribution in [0.25, 0.3) is 0 Å². The van der Waals surface area contributed by atoms with E-state index >= 15 is 0 Å². The molecule has 0 saturated heterocycles. The Labute approximate surface area is 159 Å². The molecule has 0 unspecified atom stereocenters. The van der Waals surface area contributed by atoms with Gasteiger partial charge >= 0.3 is 0 Å². The lowest BCUT2D eigenvalue weighted by molar-refractivity contribution is 0.396. The van der Waals surface area contributed by atoms with Crippen molar-refractivity contribution in [1.82, 2.24) is 9.29 Å². The van der Waals surface area contributed by atoms with E-state index in [0.717, 1.165) is 27.9 Å². The molecule has 0 N–H and O–H groups in total. The predicted molar refractivity (Wildman–Crippen MR) is 106 cm³/mol. The van der Waals surface area contributed by atoms with Gasteiger partial charge in [-0.1, -0.05) is 23.8 Å². The maximum absolute atomic E-state index is 13.5. The Morgan fingerprint density at radius 1 is 1.04 bits per heavy atom. The topological polar surface area (TPSA) is 50.3 Å². The largest absolute Gasteiger partial charge is 0.260 e. The van der Waals surface area contributed by atoms with E-state index in [4.69, 9.17) is 0 Å². The second kappa shape index (κ2) is 7.70. The molecule has 2 aromatic heterocycles. The molecule has 3 aromatic rings. The lowest BCUT2D eigenvalue weighted by Gasteiger charge is -2.24. The summed E-state index contributed by atoms with van der Waals surface area (Å²) in [6.07, 6.45) is 1.69. The molecule has 0 saturated carbocycles. The molecule has 2 heterocycles. The molecule has 0 atom stereocenters. The first kappa shape index (κ1) is 18.8. The van der Waals surface area contributed by atoms with E-state index in [0.29, 0.717) is 11.4 Å². The first-order chi connectivity index (χ1) is 12.4. The van der Waals surface area contributed by atoms with Crippen LogP contribution in [0.15, 0.2) is 58.3 Å². The number of nitrogens with zero attached hydrogens (tertiary/aromatic N) is 2. The van der Waals surface area contributed by atoms with Gasteiger partial charge in [0.15, 0.2) is 0 Å². The quantitative estimate of drug-likeness (QED) is 0.628. The fourth-order valence-electron chi connectivity index (χ4n) is 3.19. The molecule has 0 spiro atoms. The zero-order chi connectivity index (χ0) is 18.7. The van der Waals surface area contributed by atoms with Crippen LogP contribution in [0.4, 0.5) is 0 Å². The maximum Gasteiger partial charge on any atom is 0.244 e. The number of hydrogen-bond donors (Lipinski definition) is 0. The van der Waals surface area contributed by atoms with Crippen LogP contribution < -0.4 is 0 Å². The number of hydrogen-bond acceptors (Lipinski definition) is 4. The van der Waals surface area contributed by atoms with Crippen LogP contribution in [0.5, 0.6) is 0 Å². The molecule has 0 aliphatic heterocycles. The molecule has 136 valence electrons. The Kier molecular flexibility index (Phi) is 5.55. The van der Waals surface area contributed by atoms with Gasteiger partial charge in [-0.3, -0.25) is 4.98 Å². The van der Waals surface area contributed by atoms with Gasteiger partial charge in [0.05, 0.1) is 17.1 Å². The first-order valence-corrected chi connectivity index (χ1v) is 10.7. The van der Waals surface area contributed by atoms with Crippen molar-refractivity contribution in [2.24, 2.45) is 0 Å². The third-order valence-electron chi connectivity index (χ3n) is 4.21. The van der Waals surface area contributed by atoms with Crippen LogP contribution in [0.2, 0.25) is 0 Å². The Morgan fingerprint density at radius 3 is 2.35 bits per heavy atom. The third kappa shape index (κ3) is 4.03. The number of aromatic nitrogens is 1. The van der Waals surface area contributed by atoms with E-state index in [1.807, 2.05) is 67.9 Å². The number of sulfonamides is 1. The van der Waals surface area contributed by atoms with Crippen molar-refractivity contribution < 1.29 is 8.42 Å². The molecule has 0 aliphatic carbocycles. The highest BCUT2D eigenvalue weighted by atomic mass is 32.2. The van der Waals surface area contributed by atoms with Crippen LogP contribution in [-0.2, 0) is 23.1 Å². The van der Waals surface area contributed by atoms with E-state index in [1.165, 1.54) is 4.31 Å². The molecule has 1 aromatic carbocycles. The Bertz CT molecular complexity index is 959. The lowest BCUT2D eigenvalue weighted by atomic mass is 10.1. The van der Waals surface area contributed by atoms with E-state index < -0.39 is 10.0 Å². The molecular weight excluding hydrogens is 364 g/mol. The highest BCUT2D eigenvalue weighted by molar-refractivity contribution is 7.89. The SMILES string of the molecule is Cc1cc(C)c(S(=O)(=O)N(Cc2ccsc2)Cc2ccccn2)c(C)c1. The number of thiophene rings is 1. The summed E-state index contributed by atoms with van der Waals surface area (Å²) < 4.78 is 28.6. The van der Waals surface area contributed by atoms with Gasteiger partial charge in [0, 0.05) is 12.7 Å². The maximum atomic E-state index is 13.5. The summed E-state index contributed by atoms with van der Waals surface area (Å²) in [4.78, 5) is 4.71. The van der Waals surface area contributed by atoms with Crippen molar-refractivity contribution in [1.29, 1.82) is 0 Å². The molecule has 6 heteroatoms. The zero-order valence-electron chi connectivity index (χ0n) is 15.1. The Balaban J connectivity index is 2.05. The van der Waals surface area contributed by atoms with Crippen LogP contribution >= 0.6 is 11.3 Å². The molecule has 0 aliphatic rings. The molecule has 0 amide bonds. The van der Waals surface area contributed by atoms with E-state index in [2.05, 4.69) is 4.98 Å². The summed E-state index contributed by atoms with van der Waals surface area (Å²) >= 11 is 1.57. The average Bonchev–Trinajstić information content (AvgIpc) is 3.07.